The van der Waals surface area contributed by atoms with Crippen LogP contribution >= 0.6 is 0 Å². The molecule has 0 fully saturated rings. The lowest BCUT2D eigenvalue weighted by molar-refractivity contribution is -0.138. The van der Waals surface area contributed by atoms with Crippen molar-refractivity contribution in [3.8, 4) is 11.1 Å². The van der Waals surface area contributed by atoms with Gasteiger partial charge < -0.3 is 5.32 Å². The van der Waals surface area contributed by atoms with Crippen LogP contribution < -0.4 is 10.0 Å². The zero-order valence-electron chi connectivity index (χ0n) is 21.6. The number of carbonyl (C=O) groups is 1. The molecule has 1 aliphatic rings. The lowest BCUT2D eigenvalue weighted by Crippen LogP contribution is -2.35. The molecule has 12 heteroatoms. The summed E-state index contributed by atoms with van der Waals surface area (Å²) in [5.74, 6) is -0.495. The molecular formula is C30H22F6N2O3S. The molecule has 5 nitrogen and oxygen atoms in total. The zero-order chi connectivity index (χ0) is 30.3. The third kappa shape index (κ3) is 6.34. The fourth-order valence-corrected chi connectivity index (χ4v) is 6.16. The van der Waals surface area contributed by atoms with Crippen LogP contribution in [-0.4, -0.2) is 20.4 Å². The first-order valence-corrected chi connectivity index (χ1v) is 14.1. The lowest BCUT2D eigenvalue weighted by Gasteiger charge is -2.14. The molecule has 5 rings (SSSR count). The van der Waals surface area contributed by atoms with Gasteiger partial charge in [-0.15, -0.1) is 0 Å². The van der Waals surface area contributed by atoms with Crippen molar-refractivity contribution in [3.05, 3.63) is 119 Å². The van der Waals surface area contributed by atoms with Crippen molar-refractivity contribution in [2.75, 3.05) is 5.32 Å². The molecule has 0 aromatic heterocycles. The van der Waals surface area contributed by atoms with Crippen LogP contribution in [0.2, 0.25) is 0 Å². The van der Waals surface area contributed by atoms with E-state index in [1.807, 2.05) is 0 Å². The number of hydrogen-bond donors (Lipinski definition) is 2. The Morgan fingerprint density at radius 3 is 2.07 bits per heavy atom. The topological polar surface area (TPSA) is 75.3 Å². The minimum Gasteiger partial charge on any atom is -0.322 e. The summed E-state index contributed by atoms with van der Waals surface area (Å²) in [5.41, 5.74) is 1.22. The van der Waals surface area contributed by atoms with E-state index in [4.69, 9.17) is 0 Å². The minimum absolute atomic E-state index is 0.240. The average molecular weight is 605 g/mol. The predicted octanol–water partition coefficient (Wildman–Crippen LogP) is 7.09. The Balaban J connectivity index is 1.29. The maximum absolute atomic E-state index is 13.2. The molecule has 1 aliphatic carbocycles. The standard InChI is InChI=1S/C30H22F6N2O3S/c31-29(32,33)21-11-8-18(9-12-21)26-6-1-2-7-27(26)28(39)37-23-13-10-19-14-24(16-20(19)15-23)38-42(40,41)25-5-3-4-22(17-25)30(34,35)36/h1-13,15,17,24,38H,14,16H2,(H,37,39). The molecule has 2 N–H and O–H groups in total. The fourth-order valence-electron chi connectivity index (χ4n) is 4.88. The molecule has 0 radical (unpaired) electrons. The van der Waals surface area contributed by atoms with Crippen molar-refractivity contribution in [2.45, 2.75) is 36.1 Å². The van der Waals surface area contributed by atoms with Gasteiger partial charge in [0, 0.05) is 17.3 Å². The van der Waals surface area contributed by atoms with Crippen molar-refractivity contribution in [3.63, 3.8) is 0 Å². The number of fused-ring (bicyclic) bond motifs is 1. The van der Waals surface area contributed by atoms with E-state index < -0.39 is 50.3 Å². The first kappa shape index (κ1) is 29.3. The number of amides is 1. The maximum Gasteiger partial charge on any atom is 0.416 e. The molecule has 42 heavy (non-hydrogen) atoms. The molecular weight excluding hydrogens is 582 g/mol. The quantitative estimate of drug-likeness (QED) is 0.231. The summed E-state index contributed by atoms with van der Waals surface area (Å²) < 4.78 is 106. The van der Waals surface area contributed by atoms with Gasteiger partial charge >= 0.3 is 12.4 Å². The Morgan fingerprint density at radius 1 is 0.714 bits per heavy atom. The summed E-state index contributed by atoms with van der Waals surface area (Å²) in [6, 6.07) is 18.9. The van der Waals surface area contributed by atoms with E-state index in [0.717, 1.165) is 41.5 Å². The molecule has 4 aromatic rings. The summed E-state index contributed by atoms with van der Waals surface area (Å²) in [6.07, 6.45) is -8.62. The van der Waals surface area contributed by atoms with Gasteiger partial charge in [-0.3, -0.25) is 4.79 Å². The lowest BCUT2D eigenvalue weighted by atomic mass is 9.98. The van der Waals surface area contributed by atoms with Crippen molar-refractivity contribution < 1.29 is 39.6 Å². The van der Waals surface area contributed by atoms with Crippen LogP contribution in [0.5, 0.6) is 0 Å². The van der Waals surface area contributed by atoms with Gasteiger partial charge in [-0.2, -0.15) is 26.3 Å². The number of anilines is 1. The van der Waals surface area contributed by atoms with Crippen LogP contribution in [0.3, 0.4) is 0 Å². The number of rotatable bonds is 6. The van der Waals surface area contributed by atoms with Crippen LogP contribution in [0.4, 0.5) is 32.0 Å². The van der Waals surface area contributed by atoms with Crippen molar-refractivity contribution in [1.82, 2.24) is 4.72 Å². The Hall–Kier alpha value is -4.16. The van der Waals surface area contributed by atoms with Crippen molar-refractivity contribution in [2.24, 2.45) is 0 Å². The second-order valence-corrected chi connectivity index (χ2v) is 11.5. The van der Waals surface area contributed by atoms with E-state index in [1.165, 1.54) is 12.1 Å². The number of benzene rings is 4. The Kier molecular flexibility index (Phi) is 7.62. The van der Waals surface area contributed by atoms with Gasteiger partial charge in [-0.1, -0.05) is 42.5 Å². The third-order valence-electron chi connectivity index (χ3n) is 6.89. The van der Waals surface area contributed by atoms with Crippen molar-refractivity contribution >= 4 is 21.6 Å². The first-order chi connectivity index (χ1) is 19.7. The number of nitrogens with one attached hydrogen (secondary N) is 2. The fraction of sp³-hybridized carbons (Fsp3) is 0.167. The molecule has 1 unspecified atom stereocenters. The number of alkyl halides is 6. The van der Waals surface area contributed by atoms with Gasteiger partial charge in [-0.25, -0.2) is 13.1 Å². The molecule has 218 valence electrons. The SMILES string of the molecule is O=C(Nc1ccc2c(c1)CC(NS(=O)(=O)c1cccc(C(F)(F)F)c1)C2)c1ccccc1-c1ccc(C(F)(F)F)cc1. The van der Waals surface area contributed by atoms with Crippen LogP contribution in [0, 0.1) is 0 Å². The van der Waals surface area contributed by atoms with E-state index in [-0.39, 0.29) is 12.0 Å². The number of halogens is 6. The number of hydrogen-bond acceptors (Lipinski definition) is 3. The van der Waals surface area contributed by atoms with Gasteiger partial charge in [0.2, 0.25) is 10.0 Å². The van der Waals surface area contributed by atoms with Crippen molar-refractivity contribution in [1.29, 1.82) is 0 Å². The molecule has 0 bridgehead atoms. The molecule has 0 heterocycles. The number of carbonyl (C=O) groups excluding carboxylic acids is 1. The highest BCUT2D eigenvalue weighted by molar-refractivity contribution is 7.89. The summed E-state index contributed by atoms with van der Waals surface area (Å²) >= 11 is 0. The van der Waals surface area contributed by atoms with E-state index in [0.29, 0.717) is 29.3 Å². The minimum atomic E-state index is -4.69. The maximum atomic E-state index is 13.2. The summed E-state index contributed by atoms with van der Waals surface area (Å²) in [7, 11) is -4.23. The smallest absolute Gasteiger partial charge is 0.322 e. The largest absolute Gasteiger partial charge is 0.416 e. The summed E-state index contributed by atoms with van der Waals surface area (Å²) in [5, 5.41) is 2.78. The van der Waals surface area contributed by atoms with Gasteiger partial charge in [0.25, 0.3) is 5.91 Å². The van der Waals surface area contributed by atoms with Crippen LogP contribution in [-0.2, 0) is 35.2 Å². The van der Waals surface area contributed by atoms with Crippen LogP contribution in [0.15, 0.2) is 95.9 Å². The van der Waals surface area contributed by atoms with E-state index in [9.17, 15) is 39.6 Å². The monoisotopic (exact) mass is 604 g/mol. The predicted molar refractivity (Wildman–Crippen MR) is 144 cm³/mol. The van der Waals surface area contributed by atoms with Gasteiger partial charge in [0.15, 0.2) is 0 Å². The number of sulfonamides is 1. The zero-order valence-corrected chi connectivity index (χ0v) is 22.4. The van der Waals surface area contributed by atoms with Gasteiger partial charge in [0.1, 0.15) is 0 Å². The Morgan fingerprint density at radius 2 is 1.38 bits per heavy atom. The third-order valence-corrected chi connectivity index (χ3v) is 8.40. The highest BCUT2D eigenvalue weighted by atomic mass is 32.2. The van der Waals surface area contributed by atoms with E-state index in [1.54, 1.807) is 42.5 Å². The molecule has 4 aromatic carbocycles. The van der Waals surface area contributed by atoms with E-state index in [2.05, 4.69) is 10.0 Å². The highest BCUT2D eigenvalue weighted by Crippen LogP contribution is 2.33. The normalized spacial score (nSPS) is 15.3. The van der Waals surface area contributed by atoms with E-state index >= 15 is 0 Å². The van der Waals surface area contributed by atoms with Gasteiger partial charge in [0.05, 0.1) is 16.0 Å². The summed E-state index contributed by atoms with van der Waals surface area (Å²) in [6.45, 7) is 0. The molecule has 0 saturated carbocycles. The Bertz CT molecular complexity index is 1750. The molecule has 0 spiro atoms. The van der Waals surface area contributed by atoms with Crippen LogP contribution in [0.25, 0.3) is 11.1 Å². The molecule has 0 saturated heterocycles. The highest BCUT2D eigenvalue weighted by Gasteiger charge is 2.33. The van der Waals surface area contributed by atoms with Crippen LogP contribution in [0.1, 0.15) is 32.6 Å². The molecule has 1 amide bonds. The summed E-state index contributed by atoms with van der Waals surface area (Å²) in [4.78, 5) is 12.7. The first-order valence-electron chi connectivity index (χ1n) is 12.6. The molecule has 1 atom stereocenters. The molecule has 0 aliphatic heterocycles. The second-order valence-electron chi connectivity index (χ2n) is 9.81. The Labute approximate surface area is 237 Å². The van der Waals surface area contributed by atoms with Gasteiger partial charge in [-0.05, 0) is 83.6 Å². The second kappa shape index (κ2) is 10.9. The average Bonchev–Trinajstić information content (AvgIpc) is 3.33.